The van der Waals surface area contributed by atoms with Gasteiger partial charge in [0, 0.05) is 5.88 Å². The van der Waals surface area contributed by atoms with Crippen LogP contribution in [0.5, 0.6) is 5.75 Å². The summed E-state index contributed by atoms with van der Waals surface area (Å²) in [4.78, 5) is 0. The van der Waals surface area contributed by atoms with Gasteiger partial charge in [0.2, 0.25) is 0 Å². The summed E-state index contributed by atoms with van der Waals surface area (Å²) in [6, 6.07) is 11.9. The van der Waals surface area contributed by atoms with E-state index in [0.717, 1.165) is 5.56 Å². The topological polar surface area (TPSA) is 33.0 Å². The van der Waals surface area contributed by atoms with E-state index in [9.17, 15) is 4.39 Å². The molecule has 0 aliphatic carbocycles. The van der Waals surface area contributed by atoms with Crippen molar-refractivity contribution in [3.63, 3.8) is 0 Å². The van der Waals surface area contributed by atoms with Gasteiger partial charge in [0.1, 0.15) is 0 Å². The lowest BCUT2D eigenvalue weighted by atomic mass is 10.0. The molecule has 2 aromatic rings. The number of alkyl halides is 1. The molecule has 0 N–H and O–H groups in total. The second-order valence-electron chi connectivity index (χ2n) is 4.35. The molecule has 0 fully saturated rings. The minimum Gasteiger partial charge on any atom is -0.489 e. The molecule has 2 nitrogen and oxygen atoms in total. The first-order valence-corrected chi connectivity index (χ1v) is 7.25. The van der Waals surface area contributed by atoms with Crippen molar-refractivity contribution in [1.82, 2.24) is 0 Å². The minimum atomic E-state index is -0.517. The van der Waals surface area contributed by atoms with Crippen LogP contribution in [-0.4, -0.2) is 12.5 Å². The Bertz CT molecular complexity index is 642. The Kier molecular flexibility index (Phi) is 5.44. The van der Waals surface area contributed by atoms with E-state index in [1.54, 1.807) is 30.3 Å². The summed E-state index contributed by atoms with van der Waals surface area (Å²) in [5, 5.41) is 8.98. The molecule has 0 bridgehead atoms. The zero-order valence-corrected chi connectivity index (χ0v) is 12.6. The number of rotatable bonds is 5. The van der Waals surface area contributed by atoms with Gasteiger partial charge in [0.05, 0.1) is 23.3 Å². The van der Waals surface area contributed by atoms with Crippen molar-refractivity contribution in [1.29, 1.82) is 5.26 Å². The van der Waals surface area contributed by atoms with Crippen LogP contribution in [0.1, 0.15) is 12.0 Å². The van der Waals surface area contributed by atoms with Crippen molar-refractivity contribution >= 4 is 23.2 Å². The number of hydrogen-bond acceptors (Lipinski definition) is 2. The van der Waals surface area contributed by atoms with E-state index in [-0.39, 0.29) is 10.8 Å². The number of ether oxygens (including phenoxy) is 1. The second kappa shape index (κ2) is 7.31. The summed E-state index contributed by atoms with van der Waals surface area (Å²) in [5.74, 6) is -0.0293. The summed E-state index contributed by atoms with van der Waals surface area (Å²) in [7, 11) is 0. The van der Waals surface area contributed by atoms with Crippen LogP contribution in [0, 0.1) is 17.1 Å². The van der Waals surface area contributed by atoms with Crippen LogP contribution in [0.4, 0.5) is 4.39 Å². The maximum absolute atomic E-state index is 14.1. The molecule has 0 aromatic heterocycles. The fourth-order valence-corrected chi connectivity index (χ4v) is 2.20. The second-order valence-corrected chi connectivity index (χ2v) is 5.13. The third kappa shape index (κ3) is 3.87. The fraction of sp³-hybridized carbons (Fsp3) is 0.188. The normalized spacial score (nSPS) is 10.2. The van der Waals surface area contributed by atoms with Gasteiger partial charge in [-0.3, -0.25) is 0 Å². The van der Waals surface area contributed by atoms with Gasteiger partial charge in [-0.1, -0.05) is 23.7 Å². The molecule has 0 atom stereocenters. The van der Waals surface area contributed by atoms with Crippen LogP contribution < -0.4 is 4.74 Å². The third-order valence-corrected chi connectivity index (χ3v) is 3.42. The van der Waals surface area contributed by atoms with Crippen molar-refractivity contribution in [2.45, 2.75) is 6.42 Å². The molecule has 0 saturated carbocycles. The fourth-order valence-electron chi connectivity index (χ4n) is 1.83. The average molecular weight is 324 g/mol. The molecule has 0 aliphatic rings. The standard InChI is InChI=1S/C16H12Cl2FNO/c17-6-1-7-21-16-14(18)8-13(9-15(16)19)12-4-2-11(10-20)3-5-12/h2-5,8-9H,1,6-7H2. The number of benzene rings is 2. The maximum Gasteiger partial charge on any atom is 0.173 e. The third-order valence-electron chi connectivity index (χ3n) is 2.87. The van der Waals surface area contributed by atoms with E-state index >= 15 is 0 Å². The van der Waals surface area contributed by atoms with Gasteiger partial charge in [-0.05, 0) is 41.8 Å². The predicted octanol–water partition coefficient (Wildman–Crippen LogP) is 5.03. The van der Waals surface area contributed by atoms with Crippen LogP contribution in [0.2, 0.25) is 5.02 Å². The molecule has 2 aromatic carbocycles. The highest BCUT2D eigenvalue weighted by atomic mass is 35.5. The first-order valence-electron chi connectivity index (χ1n) is 6.34. The van der Waals surface area contributed by atoms with Gasteiger partial charge < -0.3 is 4.74 Å². The van der Waals surface area contributed by atoms with Gasteiger partial charge >= 0.3 is 0 Å². The van der Waals surface area contributed by atoms with Crippen molar-refractivity contribution < 1.29 is 9.13 Å². The lowest BCUT2D eigenvalue weighted by Gasteiger charge is -2.10. The summed E-state index contributed by atoms with van der Waals surface area (Å²) >= 11 is 11.6. The quantitative estimate of drug-likeness (QED) is 0.571. The number of nitrogens with zero attached hydrogens (tertiary/aromatic N) is 1. The van der Waals surface area contributed by atoms with E-state index in [4.69, 9.17) is 33.2 Å². The van der Waals surface area contributed by atoms with Crippen molar-refractivity contribution in [3.05, 3.63) is 52.8 Å². The molecule has 108 valence electrons. The first kappa shape index (κ1) is 15.6. The molecule has 0 unspecified atom stereocenters. The molecule has 0 spiro atoms. The molecule has 0 aliphatic heterocycles. The van der Waals surface area contributed by atoms with Gasteiger partial charge in [0.25, 0.3) is 0 Å². The number of nitriles is 1. The Morgan fingerprint density at radius 3 is 2.43 bits per heavy atom. The lowest BCUT2D eigenvalue weighted by molar-refractivity contribution is 0.302. The van der Waals surface area contributed by atoms with Gasteiger partial charge in [-0.2, -0.15) is 5.26 Å². The Balaban J connectivity index is 2.28. The molecule has 21 heavy (non-hydrogen) atoms. The maximum atomic E-state index is 14.1. The number of hydrogen-bond donors (Lipinski definition) is 0. The van der Waals surface area contributed by atoms with Crippen molar-refractivity contribution in [2.24, 2.45) is 0 Å². The van der Waals surface area contributed by atoms with Crippen LogP contribution in [-0.2, 0) is 0 Å². The highest BCUT2D eigenvalue weighted by molar-refractivity contribution is 6.32. The van der Waals surface area contributed by atoms with Crippen molar-refractivity contribution in [2.75, 3.05) is 12.5 Å². The minimum absolute atomic E-state index is 0.0409. The van der Waals surface area contributed by atoms with E-state index in [2.05, 4.69) is 0 Å². The summed E-state index contributed by atoms with van der Waals surface area (Å²) < 4.78 is 19.4. The van der Waals surface area contributed by atoms with E-state index in [0.29, 0.717) is 30.0 Å². The molecule has 0 saturated heterocycles. The largest absolute Gasteiger partial charge is 0.489 e. The number of halogens is 3. The first-order chi connectivity index (χ1) is 10.2. The van der Waals surface area contributed by atoms with Gasteiger partial charge in [0.15, 0.2) is 11.6 Å². The zero-order chi connectivity index (χ0) is 15.2. The van der Waals surface area contributed by atoms with E-state index in [1.165, 1.54) is 6.07 Å². The highest BCUT2D eigenvalue weighted by Gasteiger charge is 2.12. The lowest BCUT2D eigenvalue weighted by Crippen LogP contribution is -2.00. The van der Waals surface area contributed by atoms with Crippen LogP contribution in [0.3, 0.4) is 0 Å². The summed E-state index contributed by atoms with van der Waals surface area (Å²) in [6.45, 7) is 0.316. The van der Waals surface area contributed by atoms with Crippen LogP contribution >= 0.6 is 23.2 Å². The van der Waals surface area contributed by atoms with Crippen molar-refractivity contribution in [3.8, 4) is 22.9 Å². The Labute approximate surface area is 132 Å². The molecule has 0 amide bonds. The molecular weight excluding hydrogens is 312 g/mol. The Morgan fingerprint density at radius 1 is 1.14 bits per heavy atom. The van der Waals surface area contributed by atoms with E-state index < -0.39 is 5.82 Å². The highest BCUT2D eigenvalue weighted by Crippen LogP contribution is 2.33. The Hall–Kier alpha value is -1.76. The van der Waals surface area contributed by atoms with E-state index in [1.807, 2.05) is 6.07 Å². The smallest absolute Gasteiger partial charge is 0.173 e. The monoisotopic (exact) mass is 323 g/mol. The molecule has 5 heteroatoms. The van der Waals surface area contributed by atoms with Gasteiger partial charge in [-0.15, -0.1) is 11.6 Å². The molecule has 0 heterocycles. The molecular formula is C16H12Cl2FNO. The van der Waals surface area contributed by atoms with Crippen LogP contribution in [0.15, 0.2) is 36.4 Å². The molecule has 2 rings (SSSR count). The van der Waals surface area contributed by atoms with Gasteiger partial charge in [-0.25, -0.2) is 4.39 Å². The molecule has 0 radical (unpaired) electrons. The SMILES string of the molecule is N#Cc1ccc(-c2cc(F)c(OCCCCl)c(Cl)c2)cc1. The average Bonchev–Trinajstić information content (AvgIpc) is 2.50. The summed E-state index contributed by atoms with van der Waals surface area (Å²) in [5.41, 5.74) is 1.96. The zero-order valence-electron chi connectivity index (χ0n) is 11.1. The Morgan fingerprint density at radius 2 is 1.86 bits per heavy atom. The predicted molar refractivity (Wildman–Crippen MR) is 82.4 cm³/mol. The van der Waals surface area contributed by atoms with Crippen LogP contribution in [0.25, 0.3) is 11.1 Å². The summed E-state index contributed by atoms with van der Waals surface area (Å²) in [6.07, 6.45) is 0.620.